The van der Waals surface area contributed by atoms with Crippen molar-refractivity contribution in [2.75, 3.05) is 6.54 Å². The number of nitrogens with one attached hydrogen (secondary N) is 1. The van der Waals surface area contributed by atoms with Crippen molar-refractivity contribution in [1.82, 2.24) is 20.0 Å². The standard InChI is InChI=1S/C25H41N5O7/c1-23(2,3)35-20(32)26-15-12-10-11-14-18(31)28-19(29-17-13-16-27-29)30(21(33)36-24(4,5)6)22(34)37-25(7,8)9/h13,16-17H,10-12,14-15H2,1-9H3,(H,26,32). The fourth-order valence-electron chi connectivity index (χ4n) is 2.69. The summed E-state index contributed by atoms with van der Waals surface area (Å²) in [6.07, 6.45) is 2.03. The molecule has 37 heavy (non-hydrogen) atoms. The van der Waals surface area contributed by atoms with Crippen molar-refractivity contribution in [3.63, 3.8) is 0 Å². The first kappa shape index (κ1) is 31.6. The summed E-state index contributed by atoms with van der Waals surface area (Å²) in [7, 11) is 0. The third kappa shape index (κ3) is 13.4. The zero-order valence-corrected chi connectivity index (χ0v) is 23.4. The van der Waals surface area contributed by atoms with Crippen LogP contribution in [-0.4, -0.2) is 68.2 Å². The lowest BCUT2D eigenvalue weighted by Gasteiger charge is -2.28. The SMILES string of the molecule is CC(C)(C)OC(=O)NCCCCCC(=O)N=C(N(C(=O)OC(C)(C)C)C(=O)OC(C)(C)C)n1cccn1. The molecule has 0 aliphatic carbocycles. The molecule has 1 N–H and O–H groups in total. The second-order valence-electron chi connectivity index (χ2n) is 11.3. The predicted octanol–water partition coefficient (Wildman–Crippen LogP) is 4.87. The molecular weight excluding hydrogens is 482 g/mol. The van der Waals surface area contributed by atoms with Crippen molar-refractivity contribution in [2.45, 2.75) is 105 Å². The van der Waals surface area contributed by atoms with Crippen LogP contribution in [0.25, 0.3) is 0 Å². The second-order valence-corrected chi connectivity index (χ2v) is 11.3. The minimum absolute atomic E-state index is 0.0493. The smallest absolute Gasteiger partial charge is 0.427 e. The molecular formula is C25H41N5O7. The molecule has 0 bridgehead atoms. The number of carbonyl (C=O) groups is 4. The van der Waals surface area contributed by atoms with Gasteiger partial charge >= 0.3 is 18.3 Å². The van der Waals surface area contributed by atoms with Crippen molar-refractivity contribution in [2.24, 2.45) is 4.99 Å². The van der Waals surface area contributed by atoms with Gasteiger partial charge in [-0.15, -0.1) is 4.90 Å². The van der Waals surface area contributed by atoms with E-state index in [0.717, 1.165) is 4.68 Å². The minimum Gasteiger partial charge on any atom is -0.444 e. The minimum atomic E-state index is -1.06. The van der Waals surface area contributed by atoms with E-state index in [1.165, 1.54) is 12.4 Å². The molecule has 0 aromatic carbocycles. The molecule has 0 saturated heterocycles. The van der Waals surface area contributed by atoms with Crippen LogP contribution in [0.5, 0.6) is 0 Å². The Labute approximate surface area is 218 Å². The van der Waals surface area contributed by atoms with E-state index in [-0.39, 0.29) is 12.4 Å². The van der Waals surface area contributed by atoms with Gasteiger partial charge in [-0.1, -0.05) is 6.42 Å². The molecule has 0 atom stereocenters. The number of aromatic nitrogens is 2. The molecule has 1 aromatic heterocycles. The number of rotatable bonds is 6. The molecule has 1 aromatic rings. The average Bonchev–Trinajstić information content (AvgIpc) is 3.20. The molecule has 12 heteroatoms. The van der Waals surface area contributed by atoms with Crippen molar-refractivity contribution in [1.29, 1.82) is 0 Å². The molecule has 0 aliphatic rings. The van der Waals surface area contributed by atoms with E-state index in [1.807, 2.05) is 0 Å². The topological polar surface area (TPSA) is 141 Å². The molecule has 12 nitrogen and oxygen atoms in total. The highest BCUT2D eigenvalue weighted by molar-refractivity contribution is 6.11. The fraction of sp³-hybridized carbons (Fsp3) is 0.680. The molecule has 0 spiro atoms. The van der Waals surface area contributed by atoms with Gasteiger partial charge in [-0.05, 0) is 81.2 Å². The van der Waals surface area contributed by atoms with Crippen LogP contribution in [0.2, 0.25) is 0 Å². The highest BCUT2D eigenvalue weighted by Crippen LogP contribution is 2.16. The van der Waals surface area contributed by atoms with E-state index in [0.29, 0.717) is 30.7 Å². The Morgan fingerprint density at radius 3 is 1.84 bits per heavy atom. The Kier molecular flexibility index (Phi) is 11.3. The number of aliphatic imine (C=N–C) groups is 1. The summed E-state index contributed by atoms with van der Waals surface area (Å²) in [4.78, 5) is 55.0. The summed E-state index contributed by atoms with van der Waals surface area (Å²) in [5.74, 6) is -0.923. The van der Waals surface area contributed by atoms with Crippen molar-refractivity contribution >= 4 is 30.1 Å². The maximum atomic E-state index is 13.0. The molecule has 0 unspecified atom stereocenters. The lowest BCUT2D eigenvalue weighted by atomic mass is 10.2. The van der Waals surface area contributed by atoms with Crippen molar-refractivity contribution in [3.8, 4) is 0 Å². The van der Waals surface area contributed by atoms with Gasteiger partial charge in [0.1, 0.15) is 16.8 Å². The Morgan fingerprint density at radius 1 is 0.838 bits per heavy atom. The van der Waals surface area contributed by atoms with Gasteiger partial charge in [0.2, 0.25) is 11.9 Å². The number of alkyl carbamates (subject to hydrolysis) is 1. The van der Waals surface area contributed by atoms with Crippen LogP contribution in [0.1, 0.15) is 88.0 Å². The summed E-state index contributed by atoms with van der Waals surface area (Å²) >= 11 is 0. The highest BCUT2D eigenvalue weighted by Gasteiger charge is 2.36. The monoisotopic (exact) mass is 523 g/mol. The number of hydrogen-bond donors (Lipinski definition) is 1. The third-order valence-corrected chi connectivity index (χ3v) is 4.02. The molecule has 4 amide bonds. The van der Waals surface area contributed by atoms with Crippen molar-refractivity contribution < 1.29 is 33.4 Å². The lowest BCUT2D eigenvalue weighted by Crippen LogP contribution is -2.49. The maximum absolute atomic E-state index is 13.0. The quantitative estimate of drug-likeness (QED) is 0.241. The Balaban J connectivity index is 2.95. The number of imide groups is 1. The highest BCUT2D eigenvalue weighted by atomic mass is 16.6. The number of carbonyl (C=O) groups excluding carboxylic acids is 4. The van der Waals surface area contributed by atoms with Crippen LogP contribution in [0, 0.1) is 0 Å². The number of unbranched alkanes of at least 4 members (excludes halogenated alkanes) is 2. The normalized spacial score (nSPS) is 12.5. The molecule has 0 saturated carbocycles. The Bertz CT molecular complexity index is 924. The van der Waals surface area contributed by atoms with Crippen LogP contribution in [-0.2, 0) is 19.0 Å². The summed E-state index contributed by atoms with van der Waals surface area (Å²) in [6, 6.07) is 1.56. The van der Waals surface area contributed by atoms with Crippen LogP contribution < -0.4 is 5.32 Å². The van der Waals surface area contributed by atoms with Gasteiger partial charge in [0.25, 0.3) is 0 Å². The van der Waals surface area contributed by atoms with E-state index >= 15 is 0 Å². The maximum Gasteiger partial charge on any atom is 0.427 e. The molecule has 0 fully saturated rings. The number of hydrogen-bond acceptors (Lipinski definition) is 8. The van der Waals surface area contributed by atoms with Crippen LogP contribution in [0.15, 0.2) is 23.5 Å². The Hall–Kier alpha value is -3.44. The van der Waals surface area contributed by atoms with E-state index < -0.39 is 41.0 Å². The third-order valence-electron chi connectivity index (χ3n) is 4.02. The average molecular weight is 524 g/mol. The number of amides is 4. The Morgan fingerprint density at radius 2 is 1.38 bits per heavy atom. The largest absolute Gasteiger partial charge is 0.444 e. The lowest BCUT2D eigenvalue weighted by molar-refractivity contribution is -0.117. The van der Waals surface area contributed by atoms with Crippen LogP contribution in [0.3, 0.4) is 0 Å². The first-order chi connectivity index (χ1) is 16.9. The molecule has 1 heterocycles. The van der Waals surface area contributed by atoms with E-state index in [1.54, 1.807) is 68.4 Å². The van der Waals surface area contributed by atoms with Gasteiger partial charge in [0.05, 0.1) is 0 Å². The summed E-state index contributed by atoms with van der Waals surface area (Å²) in [6.45, 7) is 15.6. The summed E-state index contributed by atoms with van der Waals surface area (Å²) in [5.41, 5.74) is -2.43. The summed E-state index contributed by atoms with van der Waals surface area (Å²) < 4.78 is 17.1. The van der Waals surface area contributed by atoms with Gasteiger partial charge in [-0.25, -0.2) is 19.1 Å². The van der Waals surface area contributed by atoms with Crippen LogP contribution >= 0.6 is 0 Å². The van der Waals surface area contributed by atoms with Gasteiger partial charge in [-0.2, -0.15) is 10.1 Å². The van der Waals surface area contributed by atoms with E-state index in [2.05, 4.69) is 15.4 Å². The second kappa shape index (κ2) is 13.2. The number of ether oxygens (including phenoxy) is 3. The number of nitrogens with zero attached hydrogens (tertiary/aromatic N) is 4. The van der Waals surface area contributed by atoms with E-state index in [4.69, 9.17) is 14.2 Å². The van der Waals surface area contributed by atoms with Gasteiger partial charge < -0.3 is 19.5 Å². The summed E-state index contributed by atoms with van der Waals surface area (Å²) in [5, 5.41) is 6.70. The first-order valence-electron chi connectivity index (χ1n) is 12.2. The zero-order chi connectivity index (χ0) is 28.4. The first-order valence-corrected chi connectivity index (χ1v) is 12.2. The zero-order valence-electron chi connectivity index (χ0n) is 23.4. The molecule has 1 rings (SSSR count). The van der Waals surface area contributed by atoms with E-state index in [9.17, 15) is 19.2 Å². The predicted molar refractivity (Wildman–Crippen MR) is 137 cm³/mol. The molecule has 208 valence electrons. The molecule has 0 aliphatic heterocycles. The van der Waals surface area contributed by atoms with Crippen LogP contribution in [0.4, 0.5) is 14.4 Å². The van der Waals surface area contributed by atoms with Gasteiger partial charge in [0.15, 0.2) is 0 Å². The van der Waals surface area contributed by atoms with Crippen molar-refractivity contribution in [3.05, 3.63) is 18.5 Å². The van der Waals surface area contributed by atoms with Gasteiger partial charge in [0, 0.05) is 25.4 Å². The molecule has 0 radical (unpaired) electrons. The fourth-order valence-corrected chi connectivity index (χ4v) is 2.69. The van der Waals surface area contributed by atoms with Gasteiger partial charge in [-0.3, -0.25) is 4.79 Å².